The van der Waals surface area contributed by atoms with Crippen molar-refractivity contribution in [3.63, 3.8) is 0 Å². The molecule has 21 heavy (non-hydrogen) atoms. The fourth-order valence-corrected chi connectivity index (χ4v) is 2.53. The van der Waals surface area contributed by atoms with Crippen molar-refractivity contribution in [1.82, 2.24) is 5.32 Å². The topological polar surface area (TPSA) is 55.4 Å². The number of sulfone groups is 1. The molecule has 0 amide bonds. The third-order valence-electron chi connectivity index (χ3n) is 2.74. The van der Waals surface area contributed by atoms with Gasteiger partial charge in [0, 0.05) is 12.3 Å². The molecule has 8 heteroatoms. The normalized spacial score (nSPS) is 14.0. The van der Waals surface area contributed by atoms with Crippen LogP contribution in [0.15, 0.2) is 24.3 Å². The van der Waals surface area contributed by atoms with Crippen molar-refractivity contribution < 1.29 is 26.3 Å². The SMILES string of the molecule is CCNC(CCS(C)(=O)=O)c1ccc(OC(F)(F)F)cc1. The Morgan fingerprint density at radius 1 is 1.24 bits per heavy atom. The van der Waals surface area contributed by atoms with E-state index in [0.717, 1.165) is 11.8 Å². The Bertz CT molecular complexity index is 541. The maximum Gasteiger partial charge on any atom is 0.573 e. The van der Waals surface area contributed by atoms with Gasteiger partial charge in [0.25, 0.3) is 0 Å². The summed E-state index contributed by atoms with van der Waals surface area (Å²) in [5, 5.41) is 3.11. The van der Waals surface area contributed by atoms with Crippen molar-refractivity contribution in [3.8, 4) is 5.75 Å². The van der Waals surface area contributed by atoms with Gasteiger partial charge in [-0.1, -0.05) is 19.1 Å². The molecule has 0 aliphatic carbocycles. The van der Waals surface area contributed by atoms with E-state index in [9.17, 15) is 21.6 Å². The summed E-state index contributed by atoms with van der Waals surface area (Å²) in [5.74, 6) is -0.296. The van der Waals surface area contributed by atoms with Gasteiger partial charge in [-0.2, -0.15) is 0 Å². The van der Waals surface area contributed by atoms with Crippen molar-refractivity contribution in [3.05, 3.63) is 29.8 Å². The van der Waals surface area contributed by atoms with Crippen LogP contribution in [-0.2, 0) is 9.84 Å². The van der Waals surface area contributed by atoms with E-state index in [0.29, 0.717) is 13.0 Å². The van der Waals surface area contributed by atoms with Crippen molar-refractivity contribution in [2.45, 2.75) is 25.7 Å². The highest BCUT2D eigenvalue weighted by atomic mass is 32.2. The highest BCUT2D eigenvalue weighted by Crippen LogP contribution is 2.25. The summed E-state index contributed by atoms with van der Waals surface area (Å²) in [6, 6.07) is 5.19. The molecule has 0 radical (unpaired) electrons. The average Bonchev–Trinajstić information content (AvgIpc) is 2.32. The van der Waals surface area contributed by atoms with Crippen LogP contribution in [-0.4, -0.2) is 33.3 Å². The second kappa shape index (κ2) is 7.13. The molecule has 1 rings (SSSR count). The van der Waals surface area contributed by atoms with Gasteiger partial charge in [-0.15, -0.1) is 13.2 Å². The summed E-state index contributed by atoms with van der Waals surface area (Å²) in [6.45, 7) is 2.49. The third-order valence-corrected chi connectivity index (χ3v) is 3.72. The third kappa shape index (κ3) is 7.33. The van der Waals surface area contributed by atoms with Gasteiger partial charge in [-0.3, -0.25) is 0 Å². The van der Waals surface area contributed by atoms with Gasteiger partial charge in [0.15, 0.2) is 0 Å². The second-order valence-corrected chi connectivity index (χ2v) is 6.91. The van der Waals surface area contributed by atoms with Crippen LogP contribution in [0, 0.1) is 0 Å². The predicted molar refractivity (Wildman–Crippen MR) is 73.9 cm³/mol. The summed E-state index contributed by atoms with van der Waals surface area (Å²) in [7, 11) is -3.09. The molecule has 0 aliphatic heterocycles. The summed E-state index contributed by atoms with van der Waals surface area (Å²) >= 11 is 0. The number of halogens is 3. The summed E-state index contributed by atoms with van der Waals surface area (Å²) in [5.41, 5.74) is 0.718. The van der Waals surface area contributed by atoms with Crippen molar-refractivity contribution in [2.24, 2.45) is 0 Å². The Morgan fingerprint density at radius 3 is 2.24 bits per heavy atom. The molecule has 0 aromatic heterocycles. The van der Waals surface area contributed by atoms with E-state index >= 15 is 0 Å². The maximum atomic E-state index is 12.1. The van der Waals surface area contributed by atoms with Gasteiger partial charge < -0.3 is 10.1 Å². The molecule has 1 unspecified atom stereocenters. The molecule has 1 atom stereocenters. The quantitative estimate of drug-likeness (QED) is 0.837. The molecule has 1 aromatic carbocycles. The number of nitrogens with one attached hydrogen (secondary N) is 1. The van der Waals surface area contributed by atoms with E-state index in [-0.39, 0.29) is 17.5 Å². The first-order chi connectivity index (χ1) is 9.61. The molecule has 0 spiro atoms. The zero-order valence-electron chi connectivity index (χ0n) is 11.8. The summed E-state index contributed by atoms with van der Waals surface area (Å²) in [6.07, 6.45) is -3.22. The molecule has 0 aliphatic rings. The minimum absolute atomic E-state index is 0.00543. The first-order valence-electron chi connectivity index (χ1n) is 6.37. The van der Waals surface area contributed by atoms with Crippen molar-refractivity contribution >= 4 is 9.84 Å². The van der Waals surface area contributed by atoms with Gasteiger partial charge >= 0.3 is 6.36 Å². The zero-order chi connectivity index (χ0) is 16.1. The lowest BCUT2D eigenvalue weighted by atomic mass is 10.0. The Labute approximate surface area is 122 Å². The Kier molecular flexibility index (Phi) is 6.03. The lowest BCUT2D eigenvalue weighted by molar-refractivity contribution is -0.274. The van der Waals surface area contributed by atoms with Crippen LogP contribution in [0.2, 0.25) is 0 Å². The van der Waals surface area contributed by atoms with Crippen LogP contribution in [0.4, 0.5) is 13.2 Å². The molecular weight excluding hydrogens is 307 g/mol. The van der Waals surface area contributed by atoms with Crippen LogP contribution < -0.4 is 10.1 Å². The Hall–Kier alpha value is -1.28. The van der Waals surface area contributed by atoms with Crippen LogP contribution in [0.5, 0.6) is 5.75 Å². The Balaban J connectivity index is 2.79. The molecule has 1 aromatic rings. The lowest BCUT2D eigenvalue weighted by Gasteiger charge is -2.18. The molecule has 1 N–H and O–H groups in total. The minimum atomic E-state index is -4.72. The fourth-order valence-electron chi connectivity index (χ4n) is 1.87. The minimum Gasteiger partial charge on any atom is -0.406 e. The Morgan fingerprint density at radius 2 is 1.81 bits per heavy atom. The largest absolute Gasteiger partial charge is 0.573 e. The van der Waals surface area contributed by atoms with Crippen LogP contribution in [0.1, 0.15) is 24.9 Å². The van der Waals surface area contributed by atoms with Gasteiger partial charge in [-0.25, -0.2) is 8.42 Å². The van der Waals surface area contributed by atoms with E-state index in [1.54, 1.807) is 0 Å². The van der Waals surface area contributed by atoms with Gasteiger partial charge in [0.1, 0.15) is 15.6 Å². The molecule has 4 nitrogen and oxygen atoms in total. The van der Waals surface area contributed by atoms with E-state index in [1.807, 2.05) is 6.92 Å². The zero-order valence-corrected chi connectivity index (χ0v) is 12.6. The van der Waals surface area contributed by atoms with Gasteiger partial charge in [-0.05, 0) is 30.7 Å². The molecular formula is C13H18F3NO3S. The highest BCUT2D eigenvalue weighted by molar-refractivity contribution is 7.90. The maximum absolute atomic E-state index is 12.1. The number of ether oxygens (including phenoxy) is 1. The summed E-state index contributed by atoms with van der Waals surface area (Å²) in [4.78, 5) is 0. The van der Waals surface area contributed by atoms with Crippen LogP contribution in [0.3, 0.4) is 0 Å². The summed E-state index contributed by atoms with van der Waals surface area (Å²) < 4.78 is 62.4. The highest BCUT2D eigenvalue weighted by Gasteiger charge is 2.31. The predicted octanol–water partition coefficient (Wildman–Crippen LogP) is 2.67. The number of hydrogen-bond donors (Lipinski definition) is 1. The number of alkyl halides is 3. The standard InChI is InChI=1S/C13H18F3NO3S/c1-3-17-12(8-9-21(2,18)19)10-4-6-11(7-5-10)20-13(14,15)16/h4-7,12,17H,3,8-9H2,1-2H3. The van der Waals surface area contributed by atoms with E-state index < -0.39 is 16.2 Å². The molecule has 0 saturated carbocycles. The second-order valence-electron chi connectivity index (χ2n) is 4.65. The monoisotopic (exact) mass is 325 g/mol. The average molecular weight is 325 g/mol. The first kappa shape index (κ1) is 17.8. The number of benzene rings is 1. The van der Waals surface area contributed by atoms with Crippen LogP contribution >= 0.6 is 0 Å². The molecule has 0 fully saturated rings. The number of hydrogen-bond acceptors (Lipinski definition) is 4. The van der Waals surface area contributed by atoms with Crippen molar-refractivity contribution in [2.75, 3.05) is 18.6 Å². The smallest absolute Gasteiger partial charge is 0.406 e. The molecule has 0 saturated heterocycles. The van der Waals surface area contributed by atoms with E-state index in [4.69, 9.17) is 0 Å². The van der Waals surface area contributed by atoms with Crippen molar-refractivity contribution in [1.29, 1.82) is 0 Å². The fraction of sp³-hybridized carbons (Fsp3) is 0.538. The first-order valence-corrected chi connectivity index (χ1v) is 8.43. The van der Waals surface area contributed by atoms with Gasteiger partial charge in [0.05, 0.1) is 5.75 Å². The van der Waals surface area contributed by atoms with E-state index in [2.05, 4.69) is 10.1 Å². The lowest BCUT2D eigenvalue weighted by Crippen LogP contribution is -2.23. The molecule has 120 valence electrons. The van der Waals surface area contributed by atoms with E-state index in [1.165, 1.54) is 24.3 Å². The molecule has 0 bridgehead atoms. The number of rotatable bonds is 7. The van der Waals surface area contributed by atoms with Crippen LogP contribution in [0.25, 0.3) is 0 Å². The van der Waals surface area contributed by atoms with Gasteiger partial charge in [0.2, 0.25) is 0 Å². The molecule has 0 heterocycles.